The topological polar surface area (TPSA) is 148 Å². The van der Waals surface area contributed by atoms with Crippen LogP contribution in [0.1, 0.15) is 5.82 Å². The lowest BCUT2D eigenvalue weighted by atomic mass is 10.3. The van der Waals surface area contributed by atoms with Crippen LogP contribution in [0, 0.1) is 0 Å². The van der Waals surface area contributed by atoms with Gasteiger partial charge in [-0.05, 0) is 34.7 Å². The molecule has 0 aliphatic heterocycles. The molecule has 26 heavy (non-hydrogen) atoms. The van der Waals surface area contributed by atoms with E-state index in [2.05, 4.69) is 26.2 Å². The molecule has 0 atom stereocenters. The highest BCUT2D eigenvalue weighted by Crippen LogP contribution is 2.16. The molecule has 11 nitrogen and oxygen atoms in total. The van der Waals surface area contributed by atoms with Crippen LogP contribution in [0.3, 0.4) is 0 Å². The summed E-state index contributed by atoms with van der Waals surface area (Å²) in [5.74, 6) is -1.45. The predicted molar refractivity (Wildman–Crippen MR) is 87.3 cm³/mol. The van der Waals surface area contributed by atoms with Gasteiger partial charge in [0.1, 0.15) is 25.4 Å². The van der Waals surface area contributed by atoms with Crippen molar-refractivity contribution in [2.24, 2.45) is 0 Å². The Morgan fingerprint density at radius 3 is 2.50 bits per heavy atom. The van der Waals surface area contributed by atoms with Crippen LogP contribution in [0.25, 0.3) is 0 Å². The van der Waals surface area contributed by atoms with E-state index in [4.69, 9.17) is 21.4 Å². The van der Waals surface area contributed by atoms with E-state index in [-0.39, 0.29) is 19.7 Å². The van der Waals surface area contributed by atoms with E-state index in [9.17, 15) is 14.4 Å². The van der Waals surface area contributed by atoms with E-state index in [1.54, 1.807) is 24.3 Å². The average molecular weight is 383 g/mol. The number of hydrogen-bond acceptors (Lipinski definition) is 7. The second-order valence-electron chi connectivity index (χ2n) is 4.94. The number of nitrogens with zero attached hydrogens (tertiary/aromatic N) is 4. The van der Waals surface area contributed by atoms with Gasteiger partial charge in [0.05, 0.1) is 6.54 Å². The summed E-state index contributed by atoms with van der Waals surface area (Å²) >= 11 is 5.79. The van der Waals surface area contributed by atoms with Crippen LogP contribution >= 0.6 is 11.6 Å². The average Bonchev–Trinajstić information content (AvgIpc) is 3.04. The first kappa shape index (κ1) is 19.1. The fourth-order valence-corrected chi connectivity index (χ4v) is 1.86. The van der Waals surface area contributed by atoms with Crippen molar-refractivity contribution in [2.45, 2.75) is 13.2 Å². The molecular weight excluding hydrogens is 368 g/mol. The Kier molecular flexibility index (Phi) is 6.85. The maximum absolute atomic E-state index is 11.8. The minimum Gasteiger partial charge on any atom is -0.486 e. The highest BCUT2D eigenvalue weighted by Gasteiger charge is 2.12. The van der Waals surface area contributed by atoms with Crippen LogP contribution < -0.4 is 15.4 Å². The summed E-state index contributed by atoms with van der Waals surface area (Å²) in [6, 6.07) is 6.70. The standard InChI is InChI=1S/C14H15ClN6O5/c15-9-1-3-10(4-2-9)26-8-11-18-19-20-21(11)7-13(23)16-5-12(22)17-6-14(24)25/h1-4H,5-8H2,(H,16,23)(H,17,22)(H,24,25). The van der Waals surface area contributed by atoms with Crippen molar-refractivity contribution in [3.05, 3.63) is 35.1 Å². The third-order valence-corrected chi connectivity index (χ3v) is 3.22. The van der Waals surface area contributed by atoms with Gasteiger partial charge in [-0.15, -0.1) is 5.10 Å². The molecule has 2 amide bonds. The molecule has 138 valence electrons. The van der Waals surface area contributed by atoms with Gasteiger partial charge in [0, 0.05) is 5.02 Å². The molecule has 0 bridgehead atoms. The number of amides is 2. The number of aliphatic carboxylic acids is 1. The Morgan fingerprint density at radius 2 is 1.81 bits per heavy atom. The molecule has 0 aliphatic rings. The number of carboxylic acid groups (broad SMARTS) is 1. The number of halogens is 1. The van der Waals surface area contributed by atoms with Crippen LogP contribution in [0.2, 0.25) is 5.02 Å². The van der Waals surface area contributed by atoms with Crippen LogP contribution in [0.15, 0.2) is 24.3 Å². The van der Waals surface area contributed by atoms with Gasteiger partial charge < -0.3 is 20.5 Å². The number of benzene rings is 1. The second-order valence-corrected chi connectivity index (χ2v) is 5.38. The van der Waals surface area contributed by atoms with Gasteiger partial charge in [0.15, 0.2) is 5.82 Å². The van der Waals surface area contributed by atoms with Crippen LogP contribution in [0.5, 0.6) is 5.75 Å². The first-order valence-electron chi connectivity index (χ1n) is 7.32. The molecule has 0 spiro atoms. The lowest BCUT2D eigenvalue weighted by Gasteiger charge is -2.08. The lowest BCUT2D eigenvalue weighted by Crippen LogP contribution is -2.40. The van der Waals surface area contributed by atoms with E-state index >= 15 is 0 Å². The molecule has 3 N–H and O–H groups in total. The van der Waals surface area contributed by atoms with E-state index in [0.29, 0.717) is 16.6 Å². The zero-order chi connectivity index (χ0) is 18.9. The third kappa shape index (κ3) is 6.36. The molecule has 0 saturated carbocycles. The zero-order valence-electron chi connectivity index (χ0n) is 13.4. The molecule has 0 saturated heterocycles. The summed E-state index contributed by atoms with van der Waals surface area (Å²) in [7, 11) is 0. The van der Waals surface area contributed by atoms with E-state index < -0.39 is 24.3 Å². The number of tetrazole rings is 1. The first-order valence-corrected chi connectivity index (χ1v) is 7.70. The number of aromatic nitrogens is 4. The lowest BCUT2D eigenvalue weighted by molar-refractivity contribution is -0.137. The minimum absolute atomic E-state index is 0.0288. The van der Waals surface area contributed by atoms with E-state index in [1.807, 2.05) is 0 Å². The van der Waals surface area contributed by atoms with Crippen LogP contribution in [-0.2, 0) is 27.5 Å². The summed E-state index contributed by atoms with van der Waals surface area (Å²) in [4.78, 5) is 33.5. The Hall–Kier alpha value is -3.21. The molecule has 0 fully saturated rings. The molecular formula is C14H15ClN6O5. The summed E-state index contributed by atoms with van der Waals surface area (Å²) in [5, 5.41) is 24.4. The summed E-state index contributed by atoms with van der Waals surface area (Å²) < 4.78 is 6.73. The summed E-state index contributed by atoms with van der Waals surface area (Å²) in [5.41, 5.74) is 0. The normalized spacial score (nSPS) is 10.2. The van der Waals surface area contributed by atoms with Crippen molar-refractivity contribution in [3.63, 3.8) is 0 Å². The van der Waals surface area contributed by atoms with Crippen molar-refractivity contribution in [3.8, 4) is 5.75 Å². The summed E-state index contributed by atoms with van der Waals surface area (Å²) in [6.07, 6.45) is 0. The van der Waals surface area contributed by atoms with Crippen molar-refractivity contribution < 1.29 is 24.2 Å². The highest BCUT2D eigenvalue weighted by atomic mass is 35.5. The van der Waals surface area contributed by atoms with Gasteiger partial charge >= 0.3 is 5.97 Å². The molecule has 0 unspecified atom stereocenters. The number of ether oxygens (including phenoxy) is 1. The Morgan fingerprint density at radius 1 is 1.12 bits per heavy atom. The molecule has 1 aromatic heterocycles. The van der Waals surface area contributed by atoms with Crippen molar-refractivity contribution >= 4 is 29.4 Å². The fourth-order valence-electron chi connectivity index (χ4n) is 1.74. The van der Waals surface area contributed by atoms with Gasteiger partial charge in [0.25, 0.3) is 0 Å². The molecule has 0 radical (unpaired) electrons. The number of nitrogens with one attached hydrogen (secondary N) is 2. The zero-order valence-corrected chi connectivity index (χ0v) is 14.1. The number of carbonyl (C=O) groups excluding carboxylic acids is 2. The Bertz CT molecular complexity index is 778. The van der Waals surface area contributed by atoms with Gasteiger partial charge in [0.2, 0.25) is 11.8 Å². The van der Waals surface area contributed by atoms with Crippen molar-refractivity contribution in [1.29, 1.82) is 0 Å². The molecule has 12 heteroatoms. The van der Waals surface area contributed by atoms with E-state index in [1.165, 1.54) is 4.68 Å². The molecule has 1 aromatic carbocycles. The van der Waals surface area contributed by atoms with E-state index in [0.717, 1.165) is 0 Å². The number of carbonyl (C=O) groups is 3. The van der Waals surface area contributed by atoms with Gasteiger partial charge in [-0.2, -0.15) is 0 Å². The van der Waals surface area contributed by atoms with Crippen LogP contribution in [0.4, 0.5) is 0 Å². The minimum atomic E-state index is -1.18. The van der Waals surface area contributed by atoms with Gasteiger partial charge in [-0.25, -0.2) is 4.68 Å². The maximum atomic E-state index is 11.8. The maximum Gasteiger partial charge on any atom is 0.322 e. The smallest absolute Gasteiger partial charge is 0.322 e. The molecule has 1 heterocycles. The number of rotatable bonds is 9. The van der Waals surface area contributed by atoms with Crippen molar-refractivity contribution in [2.75, 3.05) is 13.1 Å². The van der Waals surface area contributed by atoms with Gasteiger partial charge in [-0.1, -0.05) is 11.6 Å². The molecule has 2 aromatic rings. The largest absolute Gasteiger partial charge is 0.486 e. The van der Waals surface area contributed by atoms with Crippen molar-refractivity contribution in [1.82, 2.24) is 30.8 Å². The molecule has 0 aliphatic carbocycles. The Balaban J connectivity index is 1.80. The Labute approximate surface area is 152 Å². The summed E-state index contributed by atoms with van der Waals surface area (Å²) in [6.45, 7) is -1.07. The number of carboxylic acids is 1. The van der Waals surface area contributed by atoms with Gasteiger partial charge in [-0.3, -0.25) is 14.4 Å². The molecule has 2 rings (SSSR count). The monoisotopic (exact) mass is 382 g/mol. The first-order chi connectivity index (χ1) is 12.4. The fraction of sp³-hybridized carbons (Fsp3) is 0.286. The second kappa shape index (κ2) is 9.32. The highest BCUT2D eigenvalue weighted by molar-refractivity contribution is 6.30. The predicted octanol–water partition coefficient (Wildman–Crippen LogP) is -0.777. The third-order valence-electron chi connectivity index (χ3n) is 2.96. The number of hydrogen-bond donors (Lipinski definition) is 3. The SMILES string of the molecule is O=C(O)CNC(=O)CNC(=O)Cn1nnnc1COc1ccc(Cl)cc1. The quantitative estimate of drug-likeness (QED) is 0.511. The van der Waals surface area contributed by atoms with Crippen LogP contribution in [-0.4, -0.2) is 56.2 Å².